The summed E-state index contributed by atoms with van der Waals surface area (Å²) >= 11 is 0. The Bertz CT molecular complexity index is 326. The predicted molar refractivity (Wildman–Crippen MR) is 66.8 cm³/mol. The molecular weight excluding hydrogens is 200 g/mol. The van der Waals surface area contributed by atoms with Crippen molar-refractivity contribution in [3.05, 3.63) is 23.8 Å². The van der Waals surface area contributed by atoms with E-state index in [-0.39, 0.29) is 0 Å². The maximum Gasteiger partial charge on any atom is 0.121 e. The Hall–Kier alpha value is -1.22. The summed E-state index contributed by atoms with van der Waals surface area (Å²) in [6.45, 7) is 6.25. The molecule has 1 heterocycles. The molecule has 0 atom stereocenters. The fourth-order valence-corrected chi connectivity index (χ4v) is 2.16. The molecule has 0 radical (unpaired) electrons. The predicted octanol–water partition coefficient (Wildman–Crippen LogP) is 2.05. The van der Waals surface area contributed by atoms with Crippen LogP contribution in [-0.2, 0) is 0 Å². The number of rotatable bonds is 4. The number of benzene rings is 1. The highest BCUT2D eigenvalue weighted by molar-refractivity contribution is 5.47. The summed E-state index contributed by atoms with van der Waals surface area (Å²) < 4.78 is 5.71. The lowest BCUT2D eigenvalue weighted by Gasteiger charge is -2.15. The number of ether oxygens (including phenoxy) is 1. The number of aryl methyl sites for hydroxylation is 1. The van der Waals surface area contributed by atoms with E-state index >= 15 is 0 Å². The third-order valence-electron chi connectivity index (χ3n) is 2.95. The van der Waals surface area contributed by atoms with Crippen LogP contribution in [0.25, 0.3) is 0 Å². The quantitative estimate of drug-likeness (QED) is 0.789. The van der Waals surface area contributed by atoms with Crippen molar-refractivity contribution in [2.24, 2.45) is 0 Å². The van der Waals surface area contributed by atoms with Crippen molar-refractivity contribution in [2.45, 2.75) is 19.8 Å². The largest absolute Gasteiger partial charge is 0.492 e. The van der Waals surface area contributed by atoms with Gasteiger partial charge in [-0.1, -0.05) is 0 Å². The van der Waals surface area contributed by atoms with Crippen molar-refractivity contribution in [2.75, 3.05) is 32.0 Å². The van der Waals surface area contributed by atoms with Gasteiger partial charge in [-0.3, -0.25) is 4.90 Å². The van der Waals surface area contributed by atoms with Gasteiger partial charge in [0.15, 0.2) is 0 Å². The van der Waals surface area contributed by atoms with E-state index in [1.54, 1.807) is 0 Å². The second-order valence-electron chi connectivity index (χ2n) is 4.48. The average molecular weight is 220 g/mol. The number of likely N-dealkylation sites (tertiary alicyclic amines) is 1. The van der Waals surface area contributed by atoms with Gasteiger partial charge in [0.05, 0.1) is 0 Å². The number of nitrogens with zero attached hydrogens (tertiary/aromatic N) is 1. The second-order valence-corrected chi connectivity index (χ2v) is 4.48. The average Bonchev–Trinajstić information content (AvgIpc) is 2.69. The number of anilines is 1. The van der Waals surface area contributed by atoms with Gasteiger partial charge in [-0.05, 0) is 50.6 Å². The van der Waals surface area contributed by atoms with Gasteiger partial charge in [0.25, 0.3) is 0 Å². The molecule has 0 saturated carbocycles. The molecule has 3 nitrogen and oxygen atoms in total. The topological polar surface area (TPSA) is 38.5 Å². The maximum atomic E-state index is 5.76. The van der Waals surface area contributed by atoms with Crippen LogP contribution in [0.4, 0.5) is 5.69 Å². The van der Waals surface area contributed by atoms with Gasteiger partial charge in [-0.25, -0.2) is 0 Å². The third kappa shape index (κ3) is 3.14. The molecule has 2 N–H and O–H groups in total. The lowest BCUT2D eigenvalue weighted by Crippen LogP contribution is -2.25. The van der Waals surface area contributed by atoms with Crippen molar-refractivity contribution in [3.8, 4) is 5.75 Å². The summed E-state index contributed by atoms with van der Waals surface area (Å²) in [5, 5.41) is 0. The number of hydrogen-bond acceptors (Lipinski definition) is 3. The third-order valence-corrected chi connectivity index (χ3v) is 2.95. The van der Waals surface area contributed by atoms with Gasteiger partial charge in [0.1, 0.15) is 12.4 Å². The summed E-state index contributed by atoms with van der Waals surface area (Å²) in [6.07, 6.45) is 2.66. The Balaban J connectivity index is 1.80. The Labute approximate surface area is 97.2 Å². The van der Waals surface area contributed by atoms with Gasteiger partial charge in [0.2, 0.25) is 0 Å². The molecule has 0 amide bonds. The Kier molecular flexibility index (Phi) is 3.67. The summed E-state index contributed by atoms with van der Waals surface area (Å²) in [7, 11) is 0. The monoisotopic (exact) mass is 220 g/mol. The lowest BCUT2D eigenvalue weighted by molar-refractivity contribution is 0.238. The summed E-state index contributed by atoms with van der Waals surface area (Å²) in [5.74, 6) is 0.886. The Morgan fingerprint density at radius 2 is 2.00 bits per heavy atom. The van der Waals surface area contributed by atoms with E-state index in [0.29, 0.717) is 0 Å². The molecule has 1 aliphatic rings. The second kappa shape index (κ2) is 5.21. The molecule has 16 heavy (non-hydrogen) atoms. The van der Waals surface area contributed by atoms with Crippen LogP contribution < -0.4 is 10.5 Å². The number of nitrogens with two attached hydrogens (primary N) is 1. The van der Waals surface area contributed by atoms with Crippen LogP contribution in [0.2, 0.25) is 0 Å². The first-order valence-electron chi connectivity index (χ1n) is 5.96. The molecule has 1 saturated heterocycles. The van der Waals surface area contributed by atoms with Gasteiger partial charge in [-0.15, -0.1) is 0 Å². The normalized spacial score (nSPS) is 16.6. The van der Waals surface area contributed by atoms with Crippen LogP contribution in [0.3, 0.4) is 0 Å². The zero-order chi connectivity index (χ0) is 11.4. The van der Waals surface area contributed by atoms with Crippen LogP contribution in [0.5, 0.6) is 5.75 Å². The Morgan fingerprint density at radius 3 is 2.69 bits per heavy atom. The molecule has 2 rings (SSSR count). The van der Waals surface area contributed by atoms with E-state index in [4.69, 9.17) is 10.5 Å². The zero-order valence-electron chi connectivity index (χ0n) is 9.91. The smallest absolute Gasteiger partial charge is 0.121 e. The minimum atomic E-state index is 0.753. The van der Waals surface area contributed by atoms with Crippen LogP contribution in [0.1, 0.15) is 18.4 Å². The van der Waals surface area contributed by atoms with Gasteiger partial charge in [0, 0.05) is 18.3 Å². The molecule has 0 aliphatic carbocycles. The van der Waals surface area contributed by atoms with Crippen LogP contribution >= 0.6 is 0 Å². The molecule has 1 aliphatic heterocycles. The fraction of sp³-hybridized carbons (Fsp3) is 0.538. The first-order valence-corrected chi connectivity index (χ1v) is 5.96. The van der Waals surface area contributed by atoms with E-state index in [0.717, 1.165) is 30.2 Å². The molecule has 1 aromatic carbocycles. The van der Waals surface area contributed by atoms with Gasteiger partial charge in [-0.2, -0.15) is 0 Å². The van der Waals surface area contributed by atoms with Crippen molar-refractivity contribution in [1.82, 2.24) is 4.90 Å². The first-order chi connectivity index (χ1) is 7.74. The van der Waals surface area contributed by atoms with Crippen molar-refractivity contribution in [3.63, 3.8) is 0 Å². The molecular formula is C13H20N2O. The van der Waals surface area contributed by atoms with Gasteiger partial charge >= 0.3 is 0 Å². The highest BCUT2D eigenvalue weighted by Crippen LogP contribution is 2.18. The highest BCUT2D eigenvalue weighted by Gasteiger charge is 2.10. The standard InChI is InChI=1S/C13H20N2O/c1-11-8-12(14)10-13(9-11)16-7-6-15-4-2-3-5-15/h8-10H,2-7,14H2,1H3. The molecule has 0 bridgehead atoms. The van der Waals surface area contributed by atoms with E-state index in [9.17, 15) is 0 Å². The molecule has 0 aromatic heterocycles. The summed E-state index contributed by atoms with van der Waals surface area (Å²) in [5.41, 5.74) is 7.69. The SMILES string of the molecule is Cc1cc(N)cc(OCCN2CCCC2)c1. The first kappa shape index (κ1) is 11.3. The molecule has 0 unspecified atom stereocenters. The highest BCUT2D eigenvalue weighted by atomic mass is 16.5. The van der Waals surface area contributed by atoms with Crippen LogP contribution in [0, 0.1) is 6.92 Å². The lowest BCUT2D eigenvalue weighted by atomic mass is 10.2. The summed E-state index contributed by atoms with van der Waals surface area (Å²) in [6, 6.07) is 5.87. The van der Waals surface area contributed by atoms with Crippen LogP contribution in [0.15, 0.2) is 18.2 Å². The number of hydrogen-bond donors (Lipinski definition) is 1. The van der Waals surface area contributed by atoms with Crippen LogP contribution in [-0.4, -0.2) is 31.1 Å². The van der Waals surface area contributed by atoms with E-state index in [1.165, 1.54) is 25.9 Å². The Morgan fingerprint density at radius 1 is 1.25 bits per heavy atom. The minimum Gasteiger partial charge on any atom is -0.492 e. The van der Waals surface area contributed by atoms with Crippen molar-refractivity contribution < 1.29 is 4.74 Å². The zero-order valence-corrected chi connectivity index (χ0v) is 9.91. The summed E-state index contributed by atoms with van der Waals surface area (Å²) in [4.78, 5) is 2.44. The molecule has 1 fully saturated rings. The minimum absolute atomic E-state index is 0.753. The van der Waals surface area contributed by atoms with E-state index in [1.807, 2.05) is 25.1 Å². The molecule has 3 heteroatoms. The maximum absolute atomic E-state index is 5.76. The molecule has 0 spiro atoms. The van der Waals surface area contributed by atoms with Crippen molar-refractivity contribution in [1.29, 1.82) is 0 Å². The fourth-order valence-electron chi connectivity index (χ4n) is 2.16. The number of nitrogen functional groups attached to an aromatic ring is 1. The molecule has 1 aromatic rings. The van der Waals surface area contributed by atoms with E-state index < -0.39 is 0 Å². The van der Waals surface area contributed by atoms with Gasteiger partial charge < -0.3 is 10.5 Å². The van der Waals surface area contributed by atoms with Crippen molar-refractivity contribution >= 4 is 5.69 Å². The molecule has 88 valence electrons. The van der Waals surface area contributed by atoms with E-state index in [2.05, 4.69) is 4.90 Å².